The van der Waals surface area contributed by atoms with E-state index in [0.717, 1.165) is 55.3 Å². The Kier molecular flexibility index (Phi) is 5.20. The van der Waals surface area contributed by atoms with Gasteiger partial charge in [-0.15, -0.1) is 0 Å². The van der Waals surface area contributed by atoms with E-state index in [4.69, 9.17) is 10.1 Å². The predicted molar refractivity (Wildman–Crippen MR) is 120 cm³/mol. The fraction of sp³-hybridized carbons (Fsp3) is 0.280. The summed E-state index contributed by atoms with van der Waals surface area (Å²) in [5, 5.41) is 8.30. The molecule has 5 nitrogen and oxygen atoms in total. The second kappa shape index (κ2) is 8.28. The van der Waals surface area contributed by atoms with Gasteiger partial charge in [0.1, 0.15) is 17.2 Å². The molecule has 2 aromatic heterocycles. The van der Waals surface area contributed by atoms with Crippen molar-refractivity contribution >= 4 is 0 Å². The molecule has 1 aliphatic heterocycles. The van der Waals surface area contributed by atoms with Gasteiger partial charge in [-0.2, -0.15) is 5.10 Å². The first-order valence-electron chi connectivity index (χ1n) is 10.7. The maximum absolute atomic E-state index is 5.09. The third-order valence-corrected chi connectivity index (χ3v) is 5.88. The van der Waals surface area contributed by atoms with Crippen molar-refractivity contribution in [2.75, 3.05) is 13.1 Å². The Morgan fingerprint density at radius 3 is 2.37 bits per heavy atom. The standard InChI is InChI=1S/C25H27N5/c1-29-17-22(20-12-14-26-15-13-20)24(28-29)23-18-30(16-19-8-4-2-5-9-19)25(27-23)21-10-6-3-7-11-21/h2-11,17-18,20,26H,12-16H2,1H3. The molecule has 1 fully saturated rings. The Morgan fingerprint density at radius 1 is 0.933 bits per heavy atom. The van der Waals surface area contributed by atoms with E-state index in [1.54, 1.807) is 0 Å². The monoisotopic (exact) mass is 397 g/mol. The van der Waals surface area contributed by atoms with Crippen LogP contribution in [0.5, 0.6) is 0 Å². The number of hydrogen-bond acceptors (Lipinski definition) is 3. The molecule has 5 rings (SSSR count). The molecule has 0 saturated carbocycles. The van der Waals surface area contributed by atoms with E-state index < -0.39 is 0 Å². The summed E-state index contributed by atoms with van der Waals surface area (Å²) in [6, 6.07) is 21.0. The van der Waals surface area contributed by atoms with Crippen molar-refractivity contribution < 1.29 is 0 Å². The zero-order chi connectivity index (χ0) is 20.3. The Morgan fingerprint density at radius 2 is 1.63 bits per heavy atom. The molecule has 1 aliphatic rings. The van der Waals surface area contributed by atoms with Gasteiger partial charge < -0.3 is 9.88 Å². The molecule has 0 atom stereocenters. The van der Waals surface area contributed by atoms with Crippen LogP contribution in [0.1, 0.15) is 29.9 Å². The number of benzene rings is 2. The number of rotatable bonds is 5. The van der Waals surface area contributed by atoms with Crippen LogP contribution in [0.3, 0.4) is 0 Å². The van der Waals surface area contributed by atoms with E-state index in [-0.39, 0.29) is 0 Å². The largest absolute Gasteiger partial charge is 0.326 e. The van der Waals surface area contributed by atoms with Gasteiger partial charge in [-0.1, -0.05) is 60.7 Å². The van der Waals surface area contributed by atoms with Crippen LogP contribution in [0.4, 0.5) is 0 Å². The number of nitrogens with zero attached hydrogens (tertiary/aromatic N) is 4. The SMILES string of the molecule is Cn1cc(C2CCNCC2)c(-c2cn(Cc3ccccc3)c(-c3ccccc3)n2)n1. The summed E-state index contributed by atoms with van der Waals surface area (Å²) < 4.78 is 4.19. The normalized spacial score (nSPS) is 14.8. The van der Waals surface area contributed by atoms with E-state index in [9.17, 15) is 0 Å². The summed E-state index contributed by atoms with van der Waals surface area (Å²) in [6.45, 7) is 2.92. The molecule has 152 valence electrons. The summed E-state index contributed by atoms with van der Waals surface area (Å²) in [5.41, 5.74) is 5.69. The molecule has 0 amide bonds. The first-order chi connectivity index (χ1) is 14.8. The number of aryl methyl sites for hydroxylation is 1. The van der Waals surface area contributed by atoms with E-state index in [2.05, 4.69) is 76.9 Å². The van der Waals surface area contributed by atoms with Crippen LogP contribution in [-0.4, -0.2) is 32.4 Å². The number of imidazole rings is 1. The molecule has 0 aliphatic carbocycles. The van der Waals surface area contributed by atoms with Crippen molar-refractivity contribution in [1.82, 2.24) is 24.6 Å². The molecule has 2 aromatic carbocycles. The van der Waals surface area contributed by atoms with Gasteiger partial charge in [-0.3, -0.25) is 4.68 Å². The minimum atomic E-state index is 0.536. The lowest BCUT2D eigenvalue weighted by Gasteiger charge is -2.22. The molecule has 4 aromatic rings. The molecular weight excluding hydrogens is 370 g/mol. The maximum Gasteiger partial charge on any atom is 0.141 e. The second-order valence-corrected chi connectivity index (χ2v) is 8.06. The third kappa shape index (κ3) is 3.81. The predicted octanol–water partition coefficient (Wildman–Crippen LogP) is 4.47. The fourth-order valence-corrected chi connectivity index (χ4v) is 4.39. The minimum absolute atomic E-state index is 0.536. The summed E-state index contributed by atoms with van der Waals surface area (Å²) in [4.78, 5) is 5.09. The molecule has 0 spiro atoms. The lowest BCUT2D eigenvalue weighted by atomic mass is 9.90. The highest BCUT2D eigenvalue weighted by Crippen LogP contribution is 2.34. The van der Waals surface area contributed by atoms with Gasteiger partial charge in [-0.25, -0.2) is 4.98 Å². The molecule has 0 radical (unpaired) electrons. The van der Waals surface area contributed by atoms with Gasteiger partial charge in [0.15, 0.2) is 0 Å². The fourth-order valence-electron chi connectivity index (χ4n) is 4.39. The highest BCUT2D eigenvalue weighted by molar-refractivity contribution is 5.65. The number of hydrogen-bond donors (Lipinski definition) is 1. The van der Waals surface area contributed by atoms with Crippen LogP contribution in [0.2, 0.25) is 0 Å². The van der Waals surface area contributed by atoms with Crippen molar-refractivity contribution in [2.24, 2.45) is 7.05 Å². The van der Waals surface area contributed by atoms with E-state index in [1.807, 2.05) is 17.8 Å². The van der Waals surface area contributed by atoms with E-state index in [0.29, 0.717) is 5.92 Å². The topological polar surface area (TPSA) is 47.7 Å². The zero-order valence-electron chi connectivity index (χ0n) is 17.3. The first-order valence-corrected chi connectivity index (χ1v) is 10.7. The average Bonchev–Trinajstić information content (AvgIpc) is 3.39. The van der Waals surface area contributed by atoms with Crippen molar-refractivity contribution in [1.29, 1.82) is 0 Å². The van der Waals surface area contributed by atoms with Crippen LogP contribution in [-0.2, 0) is 13.6 Å². The maximum atomic E-state index is 5.09. The smallest absolute Gasteiger partial charge is 0.141 e. The highest BCUT2D eigenvalue weighted by atomic mass is 15.3. The van der Waals surface area contributed by atoms with E-state index >= 15 is 0 Å². The Labute approximate surface area is 177 Å². The van der Waals surface area contributed by atoms with Crippen LogP contribution in [0.15, 0.2) is 73.1 Å². The number of piperidine rings is 1. The van der Waals surface area contributed by atoms with Crippen molar-refractivity contribution in [3.05, 3.63) is 84.2 Å². The van der Waals surface area contributed by atoms with Gasteiger partial charge in [-0.05, 0) is 37.4 Å². The van der Waals surface area contributed by atoms with Crippen LogP contribution < -0.4 is 5.32 Å². The van der Waals surface area contributed by atoms with Gasteiger partial charge in [0.25, 0.3) is 0 Å². The highest BCUT2D eigenvalue weighted by Gasteiger charge is 2.24. The summed E-state index contributed by atoms with van der Waals surface area (Å²) in [6.07, 6.45) is 6.65. The first kappa shape index (κ1) is 18.8. The molecule has 3 heterocycles. The van der Waals surface area contributed by atoms with Crippen LogP contribution >= 0.6 is 0 Å². The molecule has 1 saturated heterocycles. The van der Waals surface area contributed by atoms with Crippen LogP contribution in [0.25, 0.3) is 22.8 Å². The van der Waals surface area contributed by atoms with Gasteiger partial charge >= 0.3 is 0 Å². The van der Waals surface area contributed by atoms with Gasteiger partial charge in [0, 0.05) is 37.1 Å². The molecule has 0 bridgehead atoms. The Bertz CT molecular complexity index is 1110. The lowest BCUT2D eigenvalue weighted by molar-refractivity contribution is 0.461. The van der Waals surface area contributed by atoms with Crippen LogP contribution in [0, 0.1) is 0 Å². The summed E-state index contributed by atoms with van der Waals surface area (Å²) in [5.74, 6) is 1.52. The van der Waals surface area contributed by atoms with Gasteiger partial charge in [0.2, 0.25) is 0 Å². The molecule has 30 heavy (non-hydrogen) atoms. The summed E-state index contributed by atoms with van der Waals surface area (Å²) >= 11 is 0. The molecule has 5 heteroatoms. The van der Waals surface area contributed by atoms with Crippen molar-refractivity contribution in [2.45, 2.75) is 25.3 Å². The Balaban J connectivity index is 1.58. The van der Waals surface area contributed by atoms with Crippen molar-refractivity contribution in [3.8, 4) is 22.8 Å². The summed E-state index contributed by atoms with van der Waals surface area (Å²) in [7, 11) is 2.01. The number of nitrogens with one attached hydrogen (secondary N) is 1. The molecule has 1 N–H and O–H groups in total. The lowest BCUT2D eigenvalue weighted by Crippen LogP contribution is -2.26. The minimum Gasteiger partial charge on any atom is -0.326 e. The molecular formula is C25H27N5. The quantitative estimate of drug-likeness (QED) is 0.541. The zero-order valence-corrected chi connectivity index (χ0v) is 17.3. The number of aromatic nitrogens is 4. The average molecular weight is 398 g/mol. The van der Waals surface area contributed by atoms with E-state index in [1.165, 1.54) is 11.1 Å². The third-order valence-electron chi connectivity index (χ3n) is 5.88. The Hall–Kier alpha value is -3.18. The second-order valence-electron chi connectivity index (χ2n) is 8.06. The van der Waals surface area contributed by atoms with Gasteiger partial charge in [0.05, 0.1) is 0 Å². The molecule has 0 unspecified atom stereocenters. The van der Waals surface area contributed by atoms with Crippen molar-refractivity contribution in [3.63, 3.8) is 0 Å².